The Balaban J connectivity index is 0.00000289. The van der Waals surface area contributed by atoms with Gasteiger partial charge >= 0.3 is 0 Å². The van der Waals surface area contributed by atoms with Crippen molar-refractivity contribution < 1.29 is 15.8 Å². The van der Waals surface area contributed by atoms with Crippen molar-refractivity contribution in [2.45, 2.75) is 33.2 Å². The van der Waals surface area contributed by atoms with Crippen molar-refractivity contribution >= 4 is 23.5 Å². The van der Waals surface area contributed by atoms with Crippen LogP contribution in [0.2, 0.25) is 0 Å². The van der Waals surface area contributed by atoms with E-state index in [9.17, 15) is 14.4 Å². The van der Waals surface area contributed by atoms with Gasteiger partial charge in [0.2, 0.25) is 5.91 Å². The summed E-state index contributed by atoms with van der Waals surface area (Å²) in [5.74, 6) is -0.689. The molecule has 0 bridgehead atoms. The van der Waals surface area contributed by atoms with Gasteiger partial charge in [0.15, 0.2) is 5.82 Å². The van der Waals surface area contributed by atoms with Crippen molar-refractivity contribution in [3.8, 4) is 11.3 Å². The molecule has 31 heavy (non-hydrogen) atoms. The zero-order valence-electron chi connectivity index (χ0n) is 17.5. The van der Waals surface area contributed by atoms with Gasteiger partial charge in [-0.1, -0.05) is 36.4 Å². The summed E-state index contributed by atoms with van der Waals surface area (Å²) in [6.45, 7) is 5.42. The Labute approximate surface area is 181 Å². The van der Waals surface area contributed by atoms with E-state index in [1.807, 2.05) is 37.3 Å². The number of hydrogen-bond donors (Lipinski definition) is 1. The molecule has 3 aromatic rings. The fraction of sp³-hybridized carbons (Fsp3) is 0.208. The molecule has 1 aliphatic rings. The molecule has 7 nitrogen and oxygen atoms in total. The molecule has 0 fully saturated rings. The van der Waals surface area contributed by atoms with Crippen molar-refractivity contribution in [1.29, 1.82) is 0 Å². The minimum Gasteiger partial charge on any atom is -0.309 e. The van der Waals surface area contributed by atoms with Gasteiger partial charge in [-0.25, -0.2) is 0 Å². The fourth-order valence-electron chi connectivity index (χ4n) is 3.76. The number of amides is 3. The van der Waals surface area contributed by atoms with E-state index in [0.717, 1.165) is 11.1 Å². The van der Waals surface area contributed by atoms with Crippen LogP contribution in [0.25, 0.3) is 11.3 Å². The molecule has 4 rings (SSSR count). The van der Waals surface area contributed by atoms with Crippen LogP contribution in [0, 0.1) is 6.92 Å². The molecule has 0 saturated carbocycles. The summed E-state index contributed by atoms with van der Waals surface area (Å²) in [6.07, 6.45) is -0.0446. The van der Waals surface area contributed by atoms with E-state index in [1.165, 1.54) is 4.90 Å². The maximum atomic E-state index is 12.8. The molecule has 2 aromatic carbocycles. The van der Waals surface area contributed by atoms with Gasteiger partial charge in [-0.2, -0.15) is 0 Å². The van der Waals surface area contributed by atoms with Gasteiger partial charge in [0.05, 0.1) is 23.2 Å². The molecule has 1 N–H and O–H groups in total. The van der Waals surface area contributed by atoms with Crippen molar-refractivity contribution in [2.24, 2.45) is 0 Å². The highest BCUT2D eigenvalue weighted by Gasteiger charge is 2.39. The lowest BCUT2D eigenvalue weighted by Gasteiger charge is -2.18. The SMILES string of the molecule is Cc1cc(CC(=O)Nc2ccc(-c3ccccc3)nn2)c2c(c1)C(=O)N(C(C)C)C2=O.[HH]. The monoisotopic (exact) mass is 416 g/mol. The second-order valence-electron chi connectivity index (χ2n) is 7.82. The van der Waals surface area contributed by atoms with Gasteiger partial charge in [0.1, 0.15) is 0 Å². The normalized spacial score (nSPS) is 13.0. The number of nitrogens with one attached hydrogen (secondary N) is 1. The summed E-state index contributed by atoms with van der Waals surface area (Å²) in [6, 6.07) is 16.3. The number of rotatable bonds is 5. The van der Waals surface area contributed by atoms with Crippen molar-refractivity contribution in [2.75, 3.05) is 5.32 Å². The molecule has 0 radical (unpaired) electrons. The van der Waals surface area contributed by atoms with Gasteiger partial charge in [0.25, 0.3) is 11.8 Å². The first-order chi connectivity index (χ1) is 14.8. The van der Waals surface area contributed by atoms with E-state index >= 15 is 0 Å². The smallest absolute Gasteiger partial charge is 0.262 e. The molecule has 0 unspecified atom stereocenters. The molecule has 7 heteroatoms. The molecule has 158 valence electrons. The van der Waals surface area contributed by atoms with Gasteiger partial charge in [-0.05, 0) is 50.1 Å². The Hall–Kier alpha value is -3.87. The predicted molar refractivity (Wildman–Crippen MR) is 119 cm³/mol. The number of benzene rings is 2. The quantitative estimate of drug-likeness (QED) is 0.637. The van der Waals surface area contributed by atoms with Gasteiger partial charge in [-0.3, -0.25) is 19.3 Å². The Bertz CT molecular complexity index is 1180. The average molecular weight is 416 g/mol. The molecule has 3 amide bonds. The molecule has 0 spiro atoms. The van der Waals surface area contributed by atoms with E-state index in [-0.39, 0.29) is 31.6 Å². The lowest BCUT2D eigenvalue weighted by atomic mass is 9.97. The van der Waals surface area contributed by atoms with E-state index in [4.69, 9.17) is 0 Å². The Kier molecular flexibility index (Phi) is 5.33. The van der Waals surface area contributed by atoms with Crippen LogP contribution < -0.4 is 5.32 Å². The number of hydrogen-bond acceptors (Lipinski definition) is 5. The second-order valence-corrected chi connectivity index (χ2v) is 7.82. The number of carbonyl (C=O) groups excluding carboxylic acids is 3. The van der Waals surface area contributed by atoms with Crippen LogP contribution in [-0.4, -0.2) is 38.9 Å². The predicted octanol–water partition coefficient (Wildman–Crippen LogP) is 3.88. The maximum absolute atomic E-state index is 12.8. The molecular formula is C24H24N4O3. The van der Waals surface area contributed by atoms with Crippen LogP contribution in [0.4, 0.5) is 5.82 Å². The number of fused-ring (bicyclic) bond motifs is 1. The highest BCUT2D eigenvalue weighted by Crippen LogP contribution is 2.29. The molecule has 1 aromatic heterocycles. The highest BCUT2D eigenvalue weighted by molar-refractivity contribution is 6.22. The Morgan fingerprint density at radius 3 is 2.42 bits per heavy atom. The van der Waals surface area contributed by atoms with Crippen molar-refractivity contribution in [3.63, 3.8) is 0 Å². The number of aryl methyl sites for hydroxylation is 1. The third-order valence-corrected chi connectivity index (χ3v) is 5.12. The fourth-order valence-corrected chi connectivity index (χ4v) is 3.76. The summed E-state index contributed by atoms with van der Waals surface area (Å²) in [7, 11) is 0. The molecule has 1 aliphatic heterocycles. The highest BCUT2D eigenvalue weighted by atomic mass is 16.2. The number of anilines is 1. The van der Waals surface area contributed by atoms with E-state index in [1.54, 1.807) is 38.1 Å². The first-order valence-electron chi connectivity index (χ1n) is 10.1. The summed E-state index contributed by atoms with van der Waals surface area (Å²) in [5, 5.41) is 11.0. The third-order valence-electron chi connectivity index (χ3n) is 5.12. The van der Waals surface area contributed by atoms with E-state index in [0.29, 0.717) is 28.2 Å². The lowest BCUT2D eigenvalue weighted by Crippen LogP contribution is -2.36. The summed E-state index contributed by atoms with van der Waals surface area (Å²) < 4.78 is 0. The van der Waals surface area contributed by atoms with E-state index < -0.39 is 0 Å². The average Bonchev–Trinajstić information content (AvgIpc) is 2.99. The summed E-state index contributed by atoms with van der Waals surface area (Å²) in [4.78, 5) is 39.4. The second kappa shape index (κ2) is 8.10. The summed E-state index contributed by atoms with van der Waals surface area (Å²) in [5.41, 5.74) is 3.65. The molecule has 2 heterocycles. The molecule has 0 saturated heterocycles. The molecule has 0 aliphatic carbocycles. The minimum atomic E-state index is -0.357. The standard InChI is InChI=1S/C24H22N4O3.H2/c1-14(2)28-23(30)18-12-15(3)11-17(22(18)24(28)31)13-21(29)25-20-10-9-19(26-27-20)16-7-5-4-6-8-16;/h4-12,14H,13H2,1-3H3,(H,25,27,29);1H. The first kappa shape index (κ1) is 20.4. The van der Waals surface area contributed by atoms with Crippen molar-refractivity contribution in [1.82, 2.24) is 15.1 Å². The zero-order chi connectivity index (χ0) is 22.1. The molecule has 0 atom stereocenters. The largest absolute Gasteiger partial charge is 0.309 e. The topological polar surface area (TPSA) is 92.3 Å². The maximum Gasteiger partial charge on any atom is 0.262 e. The molecular weight excluding hydrogens is 392 g/mol. The van der Waals surface area contributed by atoms with Crippen LogP contribution >= 0.6 is 0 Å². The van der Waals surface area contributed by atoms with Gasteiger partial charge in [0, 0.05) is 13.0 Å². The Morgan fingerprint density at radius 2 is 1.77 bits per heavy atom. The van der Waals surface area contributed by atoms with Crippen LogP contribution in [0.3, 0.4) is 0 Å². The third kappa shape index (κ3) is 3.94. The van der Waals surface area contributed by atoms with Crippen LogP contribution in [0.1, 0.15) is 47.1 Å². The van der Waals surface area contributed by atoms with Crippen LogP contribution in [-0.2, 0) is 11.2 Å². The van der Waals surface area contributed by atoms with E-state index in [2.05, 4.69) is 15.5 Å². The Morgan fingerprint density at radius 1 is 1.03 bits per heavy atom. The minimum absolute atomic E-state index is 0. The summed E-state index contributed by atoms with van der Waals surface area (Å²) >= 11 is 0. The van der Waals surface area contributed by atoms with Crippen LogP contribution in [0.5, 0.6) is 0 Å². The zero-order valence-corrected chi connectivity index (χ0v) is 17.5. The number of nitrogens with zero attached hydrogens (tertiary/aromatic N) is 3. The van der Waals surface area contributed by atoms with Gasteiger partial charge in [-0.15, -0.1) is 10.2 Å². The van der Waals surface area contributed by atoms with Gasteiger partial charge < -0.3 is 5.32 Å². The van der Waals surface area contributed by atoms with Crippen LogP contribution in [0.15, 0.2) is 54.6 Å². The number of carbonyl (C=O) groups is 3. The number of aromatic nitrogens is 2. The lowest BCUT2D eigenvalue weighted by molar-refractivity contribution is -0.115. The first-order valence-corrected chi connectivity index (χ1v) is 10.1. The number of imide groups is 1. The van der Waals surface area contributed by atoms with Crippen molar-refractivity contribution in [3.05, 3.63) is 76.9 Å².